The molecule has 0 spiro atoms. The van der Waals surface area contributed by atoms with E-state index in [1.54, 1.807) is 0 Å². The van der Waals surface area contributed by atoms with Crippen molar-refractivity contribution >= 4 is 5.91 Å². The average Bonchev–Trinajstić information content (AvgIpc) is 3.09. The van der Waals surface area contributed by atoms with Gasteiger partial charge in [0.15, 0.2) is 0 Å². The van der Waals surface area contributed by atoms with Crippen LogP contribution in [0.3, 0.4) is 0 Å². The van der Waals surface area contributed by atoms with Crippen molar-refractivity contribution in [2.45, 2.75) is 50.6 Å². The zero-order chi connectivity index (χ0) is 14.7. The number of carbonyl (C=O) groups excluding carboxylic acids is 1. The SMILES string of the molecule is NC(C(=O)N1CCN(C2CCCC2)CC1)C1CCOCC1. The lowest BCUT2D eigenvalue weighted by atomic mass is 9.91. The monoisotopic (exact) mass is 295 g/mol. The molecule has 1 aliphatic carbocycles. The van der Waals surface area contributed by atoms with Gasteiger partial charge < -0.3 is 15.4 Å². The highest BCUT2D eigenvalue weighted by Gasteiger charge is 2.33. The highest BCUT2D eigenvalue weighted by Crippen LogP contribution is 2.25. The summed E-state index contributed by atoms with van der Waals surface area (Å²) < 4.78 is 5.36. The van der Waals surface area contributed by atoms with E-state index in [-0.39, 0.29) is 11.9 Å². The second kappa shape index (κ2) is 7.07. The molecule has 3 aliphatic rings. The minimum Gasteiger partial charge on any atom is -0.381 e. The van der Waals surface area contributed by atoms with Gasteiger partial charge in [0.2, 0.25) is 5.91 Å². The highest BCUT2D eigenvalue weighted by atomic mass is 16.5. The predicted octanol–water partition coefficient (Wildman–Crippen LogP) is 0.827. The molecule has 0 aromatic carbocycles. The van der Waals surface area contributed by atoms with E-state index in [1.165, 1.54) is 25.7 Å². The Bertz CT molecular complexity index is 343. The van der Waals surface area contributed by atoms with Crippen molar-refractivity contribution in [2.24, 2.45) is 11.7 Å². The Labute approximate surface area is 127 Å². The van der Waals surface area contributed by atoms with Gasteiger partial charge in [0.1, 0.15) is 0 Å². The molecule has 1 unspecified atom stereocenters. The number of hydrogen-bond acceptors (Lipinski definition) is 4. The molecule has 5 nitrogen and oxygen atoms in total. The fourth-order valence-electron chi connectivity index (χ4n) is 4.06. The average molecular weight is 295 g/mol. The van der Waals surface area contributed by atoms with Crippen LogP contribution in [-0.2, 0) is 9.53 Å². The van der Waals surface area contributed by atoms with E-state index in [1.807, 2.05) is 4.90 Å². The molecule has 1 atom stereocenters. The predicted molar refractivity (Wildman–Crippen MR) is 81.9 cm³/mol. The molecular formula is C16H29N3O2. The van der Waals surface area contributed by atoms with Gasteiger partial charge >= 0.3 is 0 Å². The van der Waals surface area contributed by atoms with E-state index in [4.69, 9.17) is 10.5 Å². The molecule has 2 aliphatic heterocycles. The fraction of sp³-hybridized carbons (Fsp3) is 0.938. The fourth-order valence-corrected chi connectivity index (χ4v) is 4.06. The van der Waals surface area contributed by atoms with Gasteiger partial charge in [0.25, 0.3) is 0 Å². The van der Waals surface area contributed by atoms with E-state index in [2.05, 4.69) is 4.90 Å². The van der Waals surface area contributed by atoms with Gasteiger partial charge in [-0.2, -0.15) is 0 Å². The summed E-state index contributed by atoms with van der Waals surface area (Å²) in [6, 6.07) is 0.443. The molecular weight excluding hydrogens is 266 g/mol. The molecule has 120 valence electrons. The Morgan fingerprint density at radius 3 is 2.24 bits per heavy atom. The quantitative estimate of drug-likeness (QED) is 0.838. The van der Waals surface area contributed by atoms with Crippen LogP contribution >= 0.6 is 0 Å². The standard InChI is InChI=1S/C16H29N3O2/c17-15(13-5-11-21-12-6-13)16(20)19-9-7-18(8-10-19)14-3-1-2-4-14/h13-15H,1-12,17H2. The van der Waals surface area contributed by atoms with Crippen LogP contribution in [0.1, 0.15) is 38.5 Å². The van der Waals surface area contributed by atoms with Gasteiger partial charge in [-0.1, -0.05) is 12.8 Å². The Hall–Kier alpha value is -0.650. The Balaban J connectivity index is 1.47. The number of rotatable bonds is 3. The lowest BCUT2D eigenvalue weighted by Crippen LogP contribution is -2.56. The molecule has 0 aromatic rings. The van der Waals surface area contributed by atoms with E-state index in [0.717, 1.165) is 58.3 Å². The van der Waals surface area contributed by atoms with Gasteiger partial charge in [-0.05, 0) is 31.6 Å². The molecule has 1 amide bonds. The minimum atomic E-state index is -0.327. The van der Waals surface area contributed by atoms with Crippen LogP contribution in [0.15, 0.2) is 0 Å². The zero-order valence-electron chi connectivity index (χ0n) is 13.0. The summed E-state index contributed by atoms with van der Waals surface area (Å²) in [5.74, 6) is 0.465. The molecule has 3 rings (SSSR count). The largest absolute Gasteiger partial charge is 0.381 e. The number of hydrogen-bond donors (Lipinski definition) is 1. The van der Waals surface area contributed by atoms with E-state index in [9.17, 15) is 4.79 Å². The summed E-state index contributed by atoms with van der Waals surface area (Å²) >= 11 is 0. The summed E-state index contributed by atoms with van der Waals surface area (Å²) in [7, 11) is 0. The van der Waals surface area contributed by atoms with Crippen molar-refractivity contribution in [3.63, 3.8) is 0 Å². The summed E-state index contributed by atoms with van der Waals surface area (Å²) in [6.45, 7) is 5.26. The summed E-state index contributed by atoms with van der Waals surface area (Å²) in [5, 5.41) is 0. The summed E-state index contributed by atoms with van der Waals surface area (Å²) in [4.78, 5) is 17.1. The molecule has 1 saturated carbocycles. The maximum Gasteiger partial charge on any atom is 0.239 e. The van der Waals surface area contributed by atoms with E-state index < -0.39 is 0 Å². The van der Waals surface area contributed by atoms with Crippen molar-refractivity contribution in [1.82, 2.24) is 9.80 Å². The molecule has 5 heteroatoms. The number of piperazine rings is 1. The Morgan fingerprint density at radius 1 is 1.00 bits per heavy atom. The van der Waals surface area contributed by atoms with Crippen molar-refractivity contribution in [2.75, 3.05) is 39.4 Å². The number of ether oxygens (including phenoxy) is 1. The third-order valence-corrected chi connectivity index (χ3v) is 5.53. The Morgan fingerprint density at radius 2 is 1.62 bits per heavy atom. The van der Waals surface area contributed by atoms with Crippen LogP contribution in [0.25, 0.3) is 0 Å². The minimum absolute atomic E-state index is 0.160. The zero-order valence-corrected chi connectivity index (χ0v) is 13.0. The van der Waals surface area contributed by atoms with Gasteiger partial charge in [0.05, 0.1) is 6.04 Å². The first kappa shape index (κ1) is 15.3. The van der Waals surface area contributed by atoms with Crippen molar-refractivity contribution in [3.8, 4) is 0 Å². The first-order chi connectivity index (χ1) is 10.3. The molecule has 2 heterocycles. The molecule has 0 radical (unpaired) electrons. The summed E-state index contributed by atoms with van der Waals surface area (Å²) in [6.07, 6.45) is 7.28. The van der Waals surface area contributed by atoms with Crippen LogP contribution < -0.4 is 5.73 Å². The van der Waals surface area contributed by atoms with Crippen LogP contribution in [0.2, 0.25) is 0 Å². The second-order valence-electron chi connectivity index (χ2n) is 6.78. The summed E-state index contributed by atoms with van der Waals surface area (Å²) in [5.41, 5.74) is 6.22. The first-order valence-electron chi connectivity index (χ1n) is 8.62. The number of carbonyl (C=O) groups is 1. The van der Waals surface area contributed by atoms with Gasteiger partial charge in [0, 0.05) is 45.4 Å². The topological polar surface area (TPSA) is 58.8 Å². The van der Waals surface area contributed by atoms with Gasteiger partial charge in [-0.15, -0.1) is 0 Å². The maximum atomic E-state index is 12.6. The van der Waals surface area contributed by atoms with Crippen LogP contribution in [0.4, 0.5) is 0 Å². The lowest BCUT2D eigenvalue weighted by Gasteiger charge is -2.40. The van der Waals surface area contributed by atoms with Crippen molar-refractivity contribution in [1.29, 1.82) is 0 Å². The van der Waals surface area contributed by atoms with Crippen molar-refractivity contribution in [3.05, 3.63) is 0 Å². The third-order valence-electron chi connectivity index (χ3n) is 5.53. The third kappa shape index (κ3) is 3.58. The number of nitrogens with zero attached hydrogens (tertiary/aromatic N) is 2. The normalized spacial score (nSPS) is 28.0. The molecule has 2 saturated heterocycles. The molecule has 21 heavy (non-hydrogen) atoms. The van der Waals surface area contributed by atoms with E-state index in [0.29, 0.717) is 5.92 Å². The van der Waals surface area contributed by atoms with Crippen LogP contribution in [0, 0.1) is 5.92 Å². The van der Waals surface area contributed by atoms with Gasteiger partial charge in [-0.25, -0.2) is 0 Å². The number of amides is 1. The molecule has 3 fully saturated rings. The van der Waals surface area contributed by atoms with Crippen LogP contribution in [0.5, 0.6) is 0 Å². The molecule has 0 aromatic heterocycles. The lowest BCUT2D eigenvalue weighted by molar-refractivity contribution is -0.136. The first-order valence-corrected chi connectivity index (χ1v) is 8.62. The molecule has 2 N–H and O–H groups in total. The van der Waals surface area contributed by atoms with Crippen LogP contribution in [-0.4, -0.2) is 67.2 Å². The highest BCUT2D eigenvalue weighted by molar-refractivity contribution is 5.82. The smallest absolute Gasteiger partial charge is 0.239 e. The van der Waals surface area contributed by atoms with E-state index >= 15 is 0 Å². The Kier molecular flexibility index (Phi) is 5.14. The van der Waals surface area contributed by atoms with Gasteiger partial charge in [-0.3, -0.25) is 9.69 Å². The number of nitrogens with two attached hydrogens (primary N) is 1. The maximum absolute atomic E-state index is 12.6. The second-order valence-corrected chi connectivity index (χ2v) is 6.78. The molecule has 0 bridgehead atoms. The van der Waals surface area contributed by atoms with Crippen molar-refractivity contribution < 1.29 is 9.53 Å².